The van der Waals surface area contributed by atoms with E-state index in [1.54, 1.807) is 38.4 Å². The maximum absolute atomic E-state index is 13.7. The lowest BCUT2D eigenvalue weighted by Crippen LogP contribution is -2.49. The molecule has 2 aliphatic rings. The summed E-state index contributed by atoms with van der Waals surface area (Å²) >= 11 is 0. The molecule has 0 spiro atoms. The zero-order chi connectivity index (χ0) is 28.7. The third-order valence-corrected chi connectivity index (χ3v) is 6.78. The molecule has 12 nitrogen and oxygen atoms in total. The lowest BCUT2D eigenvalue weighted by atomic mass is 9.91. The molecule has 216 valence electrons. The van der Waals surface area contributed by atoms with E-state index in [0.29, 0.717) is 54.1 Å². The summed E-state index contributed by atoms with van der Waals surface area (Å²) in [7, 11) is 1.58. The minimum Gasteiger partial charge on any atom is -0.383 e. The van der Waals surface area contributed by atoms with Crippen LogP contribution in [-0.4, -0.2) is 96.1 Å². The predicted molar refractivity (Wildman–Crippen MR) is 150 cm³/mol. The molecule has 0 saturated carbocycles. The van der Waals surface area contributed by atoms with E-state index < -0.39 is 11.7 Å². The van der Waals surface area contributed by atoms with Crippen LogP contribution in [0.5, 0.6) is 0 Å². The normalized spacial score (nSPS) is 20.2. The van der Waals surface area contributed by atoms with Gasteiger partial charge in [-0.05, 0) is 37.3 Å². The second kappa shape index (κ2) is 13.1. The number of rotatable bonds is 12. The molecule has 1 saturated heterocycles. The van der Waals surface area contributed by atoms with Crippen LogP contribution < -0.4 is 10.6 Å². The molecule has 0 atom stereocenters. The van der Waals surface area contributed by atoms with Crippen molar-refractivity contribution in [3.8, 4) is 22.6 Å². The topological polar surface area (TPSA) is 139 Å². The smallest absolute Gasteiger partial charge is 0.281 e. The van der Waals surface area contributed by atoms with Crippen LogP contribution in [0.3, 0.4) is 0 Å². The monoisotopic (exact) mass is 565 g/mol. The van der Waals surface area contributed by atoms with E-state index in [-0.39, 0.29) is 24.9 Å². The third kappa shape index (κ3) is 6.99. The molecule has 4 heterocycles. The van der Waals surface area contributed by atoms with E-state index >= 15 is 0 Å². The van der Waals surface area contributed by atoms with Crippen molar-refractivity contribution in [2.24, 2.45) is 10.4 Å². The number of aliphatic imine (C=N–C) groups is 1. The standard InChI is InChI=1S/C28H33FN8O4/c1-28(26(38)31-12-15-39-2)16-40-25(41-17-28)24-35-22(19-4-6-20(29)7-5-19)23(36-24)21-8-10-33-27(34-21)32-9-3-13-37-14-11-30-18-37/h4-8,10-11,18,25H,3,9,12-17H2,1-2H3,(H2-,31,32,33,34,35,36,38)/p+1. The quantitative estimate of drug-likeness (QED) is 0.225. The highest BCUT2D eigenvalue weighted by molar-refractivity contribution is 5.82. The number of imidazole rings is 1. The summed E-state index contributed by atoms with van der Waals surface area (Å²) in [6, 6.07) is 7.84. The molecule has 1 aromatic carbocycles. The average molecular weight is 566 g/mol. The highest BCUT2D eigenvalue weighted by Gasteiger charge is 2.40. The number of methoxy groups -OCH3 is 1. The summed E-state index contributed by atoms with van der Waals surface area (Å²) in [5.74, 6) is 0.372. The Hall–Kier alpha value is -4.07. The number of nitrogens with zero attached hydrogens (tertiary/aromatic N) is 5. The van der Waals surface area contributed by atoms with Gasteiger partial charge in [-0.1, -0.05) is 4.99 Å². The number of hydrogen-bond donors (Lipinski definition) is 3. The Kier molecular flexibility index (Phi) is 9.07. The van der Waals surface area contributed by atoms with E-state index in [1.807, 2.05) is 12.6 Å². The van der Waals surface area contributed by atoms with Gasteiger partial charge in [0.15, 0.2) is 12.0 Å². The van der Waals surface area contributed by atoms with Crippen molar-refractivity contribution in [2.45, 2.75) is 19.6 Å². The molecule has 0 radical (unpaired) electrons. The molecule has 0 aliphatic carbocycles. The number of H-pyrrole nitrogens is 1. The molecule has 2 aliphatic heterocycles. The number of benzene rings is 1. The van der Waals surface area contributed by atoms with Gasteiger partial charge in [-0.15, -0.1) is 0 Å². The number of halogens is 1. The second-order valence-corrected chi connectivity index (χ2v) is 10.1. The Morgan fingerprint density at radius 3 is 2.73 bits per heavy atom. The number of amides is 1. The van der Waals surface area contributed by atoms with Gasteiger partial charge in [0.1, 0.15) is 12.4 Å². The SMILES string of the molecule is COCCNC(=O)C1(C)COC(c2nc(-c3ccc(F)cc3)c(-c3ccnc(NCCC[N+]4=CN=CC4)n3)[nH]2)OC1. The number of ether oxygens (including phenoxy) is 3. The summed E-state index contributed by atoms with van der Waals surface area (Å²) in [5, 5.41) is 6.11. The minimum absolute atomic E-state index is 0.140. The Morgan fingerprint density at radius 2 is 2.00 bits per heavy atom. The van der Waals surface area contributed by atoms with Gasteiger partial charge in [-0.2, -0.15) is 0 Å². The fourth-order valence-corrected chi connectivity index (χ4v) is 4.44. The van der Waals surface area contributed by atoms with Gasteiger partial charge in [-0.25, -0.2) is 19.3 Å². The van der Waals surface area contributed by atoms with Crippen molar-refractivity contribution in [3.05, 3.63) is 48.2 Å². The molecule has 5 rings (SSSR count). The molecule has 2 aromatic heterocycles. The lowest BCUT2D eigenvalue weighted by molar-refractivity contribution is -0.504. The van der Waals surface area contributed by atoms with Gasteiger partial charge < -0.3 is 29.8 Å². The maximum atomic E-state index is 13.7. The molecule has 3 N–H and O–H groups in total. The van der Waals surface area contributed by atoms with E-state index in [2.05, 4.69) is 30.2 Å². The van der Waals surface area contributed by atoms with Crippen molar-refractivity contribution in [1.82, 2.24) is 25.3 Å². The Labute approximate surface area is 237 Å². The molecule has 0 unspecified atom stereocenters. The average Bonchev–Trinajstić information content (AvgIpc) is 3.67. The largest absolute Gasteiger partial charge is 0.383 e. The zero-order valence-corrected chi connectivity index (χ0v) is 23.1. The van der Waals surface area contributed by atoms with Gasteiger partial charge in [0, 0.05) is 38.4 Å². The lowest BCUT2D eigenvalue weighted by Gasteiger charge is -2.35. The molecule has 1 fully saturated rings. The van der Waals surface area contributed by atoms with Crippen LogP contribution in [0.1, 0.15) is 25.5 Å². The number of anilines is 1. The van der Waals surface area contributed by atoms with Crippen LogP contribution in [0.25, 0.3) is 22.6 Å². The maximum Gasteiger partial charge on any atom is 0.281 e. The third-order valence-electron chi connectivity index (χ3n) is 6.78. The molecule has 1 amide bonds. The number of nitrogens with one attached hydrogen (secondary N) is 3. The van der Waals surface area contributed by atoms with Crippen LogP contribution in [0.2, 0.25) is 0 Å². The number of carbonyl (C=O) groups excluding carboxylic acids is 1. The summed E-state index contributed by atoms with van der Waals surface area (Å²) in [6.45, 7) is 5.28. The van der Waals surface area contributed by atoms with Crippen LogP contribution in [0, 0.1) is 11.2 Å². The van der Waals surface area contributed by atoms with Crippen LogP contribution in [0.15, 0.2) is 41.5 Å². The first-order valence-corrected chi connectivity index (χ1v) is 13.5. The molecule has 13 heteroatoms. The van der Waals surface area contributed by atoms with Crippen molar-refractivity contribution in [2.75, 3.05) is 58.4 Å². The molecule has 0 bridgehead atoms. The minimum atomic E-state index is -0.855. The highest BCUT2D eigenvalue weighted by atomic mass is 19.1. The fraction of sp³-hybridized carbons (Fsp3) is 0.429. The Morgan fingerprint density at radius 1 is 1.20 bits per heavy atom. The summed E-state index contributed by atoms with van der Waals surface area (Å²) in [5.41, 5.74) is 1.61. The molecular formula is C28H34FN8O4+. The Balaban J connectivity index is 1.32. The number of aromatic nitrogens is 4. The van der Waals surface area contributed by atoms with Gasteiger partial charge in [0.25, 0.3) is 6.34 Å². The van der Waals surface area contributed by atoms with E-state index in [0.717, 1.165) is 19.5 Å². The fourth-order valence-electron chi connectivity index (χ4n) is 4.44. The van der Waals surface area contributed by atoms with Crippen molar-refractivity contribution >= 4 is 24.4 Å². The molecule has 3 aromatic rings. The number of hydrogen-bond acceptors (Lipinski definition) is 9. The second-order valence-electron chi connectivity index (χ2n) is 10.1. The highest BCUT2D eigenvalue weighted by Crippen LogP contribution is 2.35. The zero-order valence-electron chi connectivity index (χ0n) is 23.1. The first-order chi connectivity index (χ1) is 19.9. The van der Waals surface area contributed by atoms with Crippen LogP contribution in [-0.2, 0) is 19.0 Å². The summed E-state index contributed by atoms with van der Waals surface area (Å²) < 4.78 is 32.8. The summed E-state index contributed by atoms with van der Waals surface area (Å²) in [6.07, 6.45) is 5.45. The Bertz CT molecular complexity index is 1400. The first-order valence-electron chi connectivity index (χ1n) is 13.5. The van der Waals surface area contributed by atoms with Gasteiger partial charge in [-0.3, -0.25) is 9.37 Å². The van der Waals surface area contributed by atoms with Crippen LogP contribution in [0.4, 0.5) is 10.3 Å². The van der Waals surface area contributed by atoms with E-state index in [1.165, 1.54) is 12.1 Å². The molecule has 41 heavy (non-hydrogen) atoms. The number of aromatic amines is 1. The first kappa shape index (κ1) is 28.5. The van der Waals surface area contributed by atoms with E-state index in [4.69, 9.17) is 24.2 Å². The summed E-state index contributed by atoms with van der Waals surface area (Å²) in [4.78, 5) is 33.9. The van der Waals surface area contributed by atoms with E-state index in [9.17, 15) is 9.18 Å². The van der Waals surface area contributed by atoms with Crippen LogP contribution >= 0.6 is 0 Å². The molecular weight excluding hydrogens is 531 g/mol. The van der Waals surface area contributed by atoms with Gasteiger partial charge >= 0.3 is 0 Å². The van der Waals surface area contributed by atoms with Crippen molar-refractivity contribution in [1.29, 1.82) is 0 Å². The van der Waals surface area contributed by atoms with Crippen molar-refractivity contribution in [3.63, 3.8) is 0 Å². The van der Waals surface area contributed by atoms with Gasteiger partial charge in [0.2, 0.25) is 18.1 Å². The number of carbonyl (C=O) groups is 1. The predicted octanol–water partition coefficient (Wildman–Crippen LogP) is 2.41. The van der Waals surface area contributed by atoms with Crippen molar-refractivity contribution < 1.29 is 28.0 Å². The van der Waals surface area contributed by atoms with Gasteiger partial charge in [0.05, 0.1) is 48.9 Å².